The molecule has 5 heteroatoms. The summed E-state index contributed by atoms with van der Waals surface area (Å²) in [4.78, 5) is 8.14. The van der Waals surface area contributed by atoms with E-state index >= 15 is 0 Å². The zero-order chi connectivity index (χ0) is 3.58. The molecule has 0 N–H and O–H groups in total. The van der Waals surface area contributed by atoms with Crippen LogP contribution < -0.4 is 0 Å². The predicted molar refractivity (Wildman–Crippen MR) is 18.0 cm³/mol. The fraction of sp³-hybridized carbons (Fsp3) is 0. The first-order valence-electron chi connectivity index (χ1n) is 0.534. The Morgan fingerprint density at radius 2 is 1.80 bits per heavy atom. The van der Waals surface area contributed by atoms with E-state index in [1.165, 1.54) is 0 Å². The lowest BCUT2D eigenvalue weighted by Gasteiger charge is -1.50. The van der Waals surface area contributed by atoms with Gasteiger partial charge >= 0.3 is 0 Å². The Hall–Kier alpha value is -0.605. The summed E-state index contributed by atoms with van der Waals surface area (Å²) in [5.74, 6) is 0. The summed E-state index contributed by atoms with van der Waals surface area (Å²) in [6, 6.07) is 0. The second kappa shape index (κ2) is 3.39. The molecule has 0 aliphatic carbocycles. The van der Waals surface area contributed by atoms with E-state index in [-0.39, 0.29) is 8.41 Å². The SMILES string of the molecule is B.O=[N+]([O-])F. The van der Waals surface area contributed by atoms with Gasteiger partial charge < -0.3 is 0 Å². The first-order valence-corrected chi connectivity index (χ1v) is 0.534. The maximum Gasteiger partial charge on any atom is 0.279 e. The van der Waals surface area contributed by atoms with E-state index in [2.05, 4.69) is 0 Å². The number of hydrogen-bond donors (Lipinski definition) is 0. The highest BCUT2D eigenvalue weighted by Gasteiger charge is 1.71. The third-order valence-corrected chi connectivity index (χ3v) is 0. The van der Waals surface area contributed by atoms with Crippen LogP contribution in [0.25, 0.3) is 0 Å². The van der Waals surface area contributed by atoms with Crippen molar-refractivity contribution in [1.82, 2.24) is 0 Å². The molecule has 3 nitrogen and oxygen atoms in total. The zero-order valence-corrected chi connectivity index (χ0v) is 1.64. The van der Waals surface area contributed by atoms with Crippen molar-refractivity contribution in [2.45, 2.75) is 0 Å². The van der Waals surface area contributed by atoms with Gasteiger partial charge in [-0.1, -0.05) is 0 Å². The molecule has 0 radical (unpaired) electrons. The van der Waals surface area contributed by atoms with Gasteiger partial charge in [0.2, 0.25) is 0 Å². The second-order valence-corrected chi connectivity index (χ2v) is 0.213. The highest BCUT2D eigenvalue weighted by molar-refractivity contribution is 5.75. The van der Waals surface area contributed by atoms with Gasteiger partial charge in [0, 0.05) is 0 Å². The smallest absolute Gasteiger partial charge is 0.219 e. The van der Waals surface area contributed by atoms with E-state index in [9.17, 15) is 4.48 Å². The largest absolute Gasteiger partial charge is 0.279 e. The van der Waals surface area contributed by atoms with E-state index in [0.29, 0.717) is 0 Å². The molecule has 0 aromatic carbocycles. The third kappa shape index (κ3) is 18.0. The zero-order valence-electron chi connectivity index (χ0n) is 1.64. The number of rotatable bonds is 0. The number of halogens is 1. The van der Waals surface area contributed by atoms with Crippen molar-refractivity contribution in [1.29, 1.82) is 0 Å². The topological polar surface area (TPSA) is 43.1 Å². The Kier molecular flexibility index (Phi) is 6.00. The van der Waals surface area contributed by atoms with Gasteiger partial charge in [-0.2, -0.15) is 0 Å². The minimum absolute atomic E-state index is 0. The van der Waals surface area contributed by atoms with Gasteiger partial charge in [-0.15, -0.1) is 0 Å². The summed E-state index contributed by atoms with van der Waals surface area (Å²) in [6.45, 7) is 0. The maximum absolute atomic E-state index is 9.72. The van der Waals surface area contributed by atoms with Crippen LogP contribution in [0.1, 0.15) is 0 Å². The molecule has 0 atom stereocenters. The molecular formula is H3BFNO2. The molecule has 0 saturated heterocycles. The number of nitrogens with zero attached hydrogens (tertiary/aromatic N) is 1. The van der Waals surface area contributed by atoms with Crippen LogP contribution in [0.3, 0.4) is 0 Å². The lowest BCUT2D eigenvalue weighted by Crippen LogP contribution is -1.69. The molecule has 0 spiro atoms. The Morgan fingerprint density at radius 3 is 1.80 bits per heavy atom. The van der Waals surface area contributed by atoms with Crippen LogP contribution in [0.2, 0.25) is 0 Å². The van der Waals surface area contributed by atoms with E-state index in [4.69, 9.17) is 10.1 Å². The number of hydrogen-bond acceptors (Lipinski definition) is 2. The maximum atomic E-state index is 9.72. The highest BCUT2D eigenvalue weighted by Crippen LogP contribution is 1.54. The monoisotopic (exact) mass is 79.0 g/mol. The van der Waals surface area contributed by atoms with Crippen LogP contribution in [-0.2, 0) is 0 Å². The Labute approximate surface area is 29.5 Å². The summed E-state index contributed by atoms with van der Waals surface area (Å²) in [7, 11) is 0. The third-order valence-electron chi connectivity index (χ3n) is 0. The normalized spacial score (nSPS) is 5.00. The van der Waals surface area contributed by atoms with Gasteiger partial charge in [-0.3, -0.25) is 0 Å². The van der Waals surface area contributed by atoms with Gasteiger partial charge in [-0.05, 0) is 0 Å². The summed E-state index contributed by atoms with van der Waals surface area (Å²) >= 11 is 0. The first-order chi connectivity index (χ1) is 1.73. The van der Waals surface area contributed by atoms with Crippen molar-refractivity contribution < 1.29 is 9.63 Å². The van der Waals surface area contributed by atoms with Crippen molar-refractivity contribution in [3.8, 4) is 0 Å². The molecule has 0 unspecified atom stereocenters. The Balaban J connectivity index is 0. The van der Waals surface area contributed by atoms with E-state index in [1.807, 2.05) is 0 Å². The van der Waals surface area contributed by atoms with Crippen LogP contribution in [-0.4, -0.2) is 13.6 Å². The lowest BCUT2D eigenvalue weighted by atomic mass is 10.8. The fourth-order valence-corrected chi connectivity index (χ4v) is 0. The van der Waals surface area contributed by atoms with Gasteiger partial charge in [0.1, 0.15) is 0 Å². The molecule has 0 rings (SSSR count). The van der Waals surface area contributed by atoms with Crippen LogP contribution in [0.15, 0.2) is 0 Å². The van der Waals surface area contributed by atoms with Crippen molar-refractivity contribution in [2.24, 2.45) is 0 Å². The average molecular weight is 78.8 g/mol. The minimum atomic E-state index is -2.00. The van der Waals surface area contributed by atoms with Crippen LogP contribution in [0.4, 0.5) is 4.48 Å². The molecule has 0 aromatic heterocycles. The molecule has 30 valence electrons. The van der Waals surface area contributed by atoms with Crippen LogP contribution >= 0.6 is 0 Å². The summed E-state index contributed by atoms with van der Waals surface area (Å²) in [5, 5.41) is 6.14. The predicted octanol–water partition coefficient (Wildman–Crippen LogP) is -1.04. The molecular weight excluding hydrogens is 75.8 g/mol. The van der Waals surface area contributed by atoms with Gasteiger partial charge in [0.05, 0.1) is 8.41 Å². The molecule has 0 aliphatic rings. The molecule has 0 amide bonds. The minimum Gasteiger partial charge on any atom is -0.219 e. The van der Waals surface area contributed by atoms with E-state index in [0.717, 1.165) is 0 Å². The van der Waals surface area contributed by atoms with Gasteiger partial charge in [0.25, 0.3) is 5.15 Å². The van der Waals surface area contributed by atoms with Crippen LogP contribution in [0.5, 0.6) is 0 Å². The molecule has 0 aromatic rings. The second-order valence-electron chi connectivity index (χ2n) is 0.213. The molecule has 0 fully saturated rings. The molecule has 0 bridgehead atoms. The van der Waals surface area contributed by atoms with Crippen molar-refractivity contribution in [3.05, 3.63) is 10.1 Å². The summed E-state index contributed by atoms with van der Waals surface area (Å²) in [5.41, 5.74) is 0. The Morgan fingerprint density at radius 1 is 1.80 bits per heavy atom. The first kappa shape index (κ1) is 8.83. The Bertz CT molecular complexity index is 32.6. The van der Waals surface area contributed by atoms with Crippen molar-refractivity contribution in [2.75, 3.05) is 0 Å². The van der Waals surface area contributed by atoms with Crippen molar-refractivity contribution >= 4 is 8.41 Å². The van der Waals surface area contributed by atoms with Crippen LogP contribution in [0, 0.1) is 10.1 Å². The lowest BCUT2D eigenvalue weighted by molar-refractivity contribution is -0.672. The highest BCUT2D eigenvalue weighted by atomic mass is 19.2. The summed E-state index contributed by atoms with van der Waals surface area (Å²) in [6.07, 6.45) is 0. The number of nitro groups is 1. The molecule has 5 heavy (non-hydrogen) atoms. The van der Waals surface area contributed by atoms with Crippen molar-refractivity contribution in [3.63, 3.8) is 0 Å². The quantitative estimate of drug-likeness (QED) is 0.161. The van der Waals surface area contributed by atoms with E-state index in [1.54, 1.807) is 0 Å². The molecule has 0 heterocycles. The standard InChI is InChI=1S/BH3.FNO2/c;1-2(3)4/h1H3;. The van der Waals surface area contributed by atoms with Gasteiger partial charge in [-0.25, -0.2) is 10.1 Å². The average Bonchev–Trinajstić information content (AvgIpc) is 0.811. The molecule has 0 aliphatic heterocycles. The molecule has 0 saturated carbocycles. The summed E-state index contributed by atoms with van der Waals surface area (Å²) < 4.78 is 9.72. The van der Waals surface area contributed by atoms with E-state index < -0.39 is 5.15 Å². The fourth-order valence-electron chi connectivity index (χ4n) is 0. The van der Waals surface area contributed by atoms with Gasteiger partial charge in [0.15, 0.2) is 4.48 Å².